The molecule has 1 aromatic heterocycles. The van der Waals surface area contributed by atoms with Crippen LogP contribution >= 0.6 is 0 Å². The van der Waals surface area contributed by atoms with Gasteiger partial charge in [0.2, 0.25) is 5.91 Å². The highest BCUT2D eigenvalue weighted by molar-refractivity contribution is 5.97. The van der Waals surface area contributed by atoms with E-state index in [4.69, 9.17) is 4.42 Å². The van der Waals surface area contributed by atoms with Crippen molar-refractivity contribution in [1.29, 1.82) is 0 Å². The van der Waals surface area contributed by atoms with Crippen LogP contribution in [0.1, 0.15) is 17.3 Å². The highest BCUT2D eigenvalue weighted by atomic mass is 16.3. The molecule has 0 bridgehead atoms. The summed E-state index contributed by atoms with van der Waals surface area (Å²) in [5.41, 5.74) is 0.403. The van der Waals surface area contributed by atoms with Crippen LogP contribution in [-0.2, 0) is 4.79 Å². The molecule has 1 atom stereocenters. The maximum atomic E-state index is 11.6. The zero-order valence-corrected chi connectivity index (χ0v) is 9.95. The molecule has 0 fully saturated rings. The largest absolute Gasteiger partial charge is 0.472 e. The van der Waals surface area contributed by atoms with Gasteiger partial charge >= 0.3 is 0 Å². The first-order valence-electron chi connectivity index (χ1n) is 5.40. The van der Waals surface area contributed by atoms with E-state index in [1.54, 1.807) is 20.0 Å². The molecule has 2 amide bonds. The number of nitrogens with one attached hydrogen (secondary N) is 3. The van der Waals surface area contributed by atoms with E-state index in [0.29, 0.717) is 18.7 Å². The Hall–Kier alpha value is -1.82. The summed E-state index contributed by atoms with van der Waals surface area (Å²) in [6.07, 6.45) is 2.74. The fraction of sp³-hybridized carbons (Fsp3) is 0.455. The summed E-state index contributed by atoms with van der Waals surface area (Å²) in [6, 6.07) is 0.968. The standard InChI is InChI=1S/C11H17N3O3/c1-8(10(15)13-5-4-12-2)14-11(16)9-3-6-17-7-9/h3,6-8,12H,4-5H2,1-2H3,(H,13,15)(H,14,16). The van der Waals surface area contributed by atoms with E-state index in [0.717, 1.165) is 0 Å². The quantitative estimate of drug-likeness (QED) is 0.597. The molecule has 1 unspecified atom stereocenters. The van der Waals surface area contributed by atoms with Gasteiger partial charge in [0.15, 0.2) is 0 Å². The van der Waals surface area contributed by atoms with Gasteiger partial charge in [0.1, 0.15) is 12.3 Å². The van der Waals surface area contributed by atoms with Gasteiger partial charge in [-0.2, -0.15) is 0 Å². The molecule has 0 aliphatic carbocycles. The van der Waals surface area contributed by atoms with Crippen molar-refractivity contribution in [3.05, 3.63) is 24.2 Å². The Labute approximate surface area is 99.8 Å². The Bertz CT molecular complexity index is 362. The summed E-state index contributed by atoms with van der Waals surface area (Å²) in [4.78, 5) is 23.1. The predicted octanol–water partition coefficient (Wildman–Crippen LogP) is -0.266. The number of amides is 2. The Morgan fingerprint density at radius 2 is 2.18 bits per heavy atom. The molecule has 3 N–H and O–H groups in total. The Morgan fingerprint density at radius 3 is 2.76 bits per heavy atom. The number of rotatable bonds is 6. The topological polar surface area (TPSA) is 83.4 Å². The molecule has 1 heterocycles. The first kappa shape index (κ1) is 13.2. The molecular weight excluding hydrogens is 222 g/mol. The van der Waals surface area contributed by atoms with Gasteiger partial charge < -0.3 is 20.4 Å². The van der Waals surface area contributed by atoms with E-state index in [2.05, 4.69) is 16.0 Å². The van der Waals surface area contributed by atoms with Crippen LogP contribution in [0.3, 0.4) is 0 Å². The van der Waals surface area contributed by atoms with Crippen LogP contribution < -0.4 is 16.0 Å². The third-order valence-electron chi connectivity index (χ3n) is 2.20. The number of hydrogen-bond acceptors (Lipinski definition) is 4. The average molecular weight is 239 g/mol. The lowest BCUT2D eigenvalue weighted by atomic mass is 10.2. The van der Waals surface area contributed by atoms with Crippen molar-refractivity contribution >= 4 is 11.8 Å². The summed E-state index contributed by atoms with van der Waals surface area (Å²) in [5.74, 6) is -0.535. The SMILES string of the molecule is CNCCNC(=O)C(C)NC(=O)c1ccoc1. The second-order valence-corrected chi connectivity index (χ2v) is 3.60. The molecule has 6 nitrogen and oxygen atoms in total. The first-order chi connectivity index (χ1) is 8.15. The van der Waals surface area contributed by atoms with Crippen LogP contribution in [0.2, 0.25) is 0 Å². The summed E-state index contributed by atoms with van der Waals surface area (Å²) in [7, 11) is 1.80. The summed E-state index contributed by atoms with van der Waals surface area (Å²) in [5, 5.41) is 8.18. The van der Waals surface area contributed by atoms with Gasteiger partial charge in [0.05, 0.1) is 11.8 Å². The van der Waals surface area contributed by atoms with E-state index in [1.807, 2.05) is 0 Å². The minimum absolute atomic E-state index is 0.211. The molecule has 0 aliphatic rings. The van der Waals surface area contributed by atoms with Crippen molar-refractivity contribution in [3.63, 3.8) is 0 Å². The van der Waals surface area contributed by atoms with Crippen molar-refractivity contribution in [2.75, 3.05) is 20.1 Å². The number of likely N-dealkylation sites (N-methyl/N-ethyl adjacent to an activating group) is 1. The van der Waals surface area contributed by atoms with Crippen LogP contribution in [-0.4, -0.2) is 38.0 Å². The molecule has 17 heavy (non-hydrogen) atoms. The normalized spacial score (nSPS) is 11.9. The van der Waals surface area contributed by atoms with Gasteiger partial charge in [-0.3, -0.25) is 9.59 Å². The lowest BCUT2D eigenvalue weighted by Gasteiger charge is -2.13. The van der Waals surface area contributed by atoms with E-state index >= 15 is 0 Å². The van der Waals surface area contributed by atoms with Gasteiger partial charge in [0, 0.05) is 13.1 Å². The highest BCUT2D eigenvalue weighted by Crippen LogP contribution is 1.99. The molecular formula is C11H17N3O3. The van der Waals surface area contributed by atoms with Crippen molar-refractivity contribution < 1.29 is 14.0 Å². The van der Waals surface area contributed by atoms with E-state index in [9.17, 15) is 9.59 Å². The van der Waals surface area contributed by atoms with Crippen LogP contribution in [0.25, 0.3) is 0 Å². The maximum Gasteiger partial charge on any atom is 0.255 e. The maximum absolute atomic E-state index is 11.6. The lowest BCUT2D eigenvalue weighted by molar-refractivity contribution is -0.122. The zero-order valence-electron chi connectivity index (χ0n) is 9.95. The van der Waals surface area contributed by atoms with Gasteiger partial charge in [-0.05, 0) is 20.0 Å². The fourth-order valence-corrected chi connectivity index (χ4v) is 1.20. The first-order valence-corrected chi connectivity index (χ1v) is 5.40. The van der Waals surface area contributed by atoms with Crippen molar-refractivity contribution in [2.45, 2.75) is 13.0 Å². The molecule has 0 aromatic carbocycles. The molecule has 0 saturated heterocycles. The number of carbonyl (C=O) groups excluding carboxylic acids is 2. The average Bonchev–Trinajstić information content (AvgIpc) is 2.82. The second kappa shape index (κ2) is 6.70. The molecule has 1 rings (SSSR count). The van der Waals surface area contributed by atoms with Gasteiger partial charge in [-0.25, -0.2) is 0 Å². The number of carbonyl (C=O) groups is 2. The fourth-order valence-electron chi connectivity index (χ4n) is 1.20. The number of furan rings is 1. The van der Waals surface area contributed by atoms with Crippen molar-refractivity contribution in [1.82, 2.24) is 16.0 Å². The Balaban J connectivity index is 2.35. The molecule has 94 valence electrons. The summed E-state index contributed by atoms with van der Waals surface area (Å²) in [6.45, 7) is 2.85. The van der Waals surface area contributed by atoms with Gasteiger partial charge in [-0.15, -0.1) is 0 Å². The molecule has 0 spiro atoms. The molecule has 1 aromatic rings. The monoisotopic (exact) mass is 239 g/mol. The molecule has 0 aliphatic heterocycles. The van der Waals surface area contributed by atoms with E-state index in [-0.39, 0.29) is 11.8 Å². The van der Waals surface area contributed by atoms with Crippen LogP contribution in [0.4, 0.5) is 0 Å². The molecule has 0 saturated carbocycles. The van der Waals surface area contributed by atoms with Crippen LogP contribution in [0.15, 0.2) is 23.0 Å². The Kier molecular flexibility index (Phi) is 5.22. The zero-order chi connectivity index (χ0) is 12.7. The minimum atomic E-state index is -0.575. The van der Waals surface area contributed by atoms with E-state index < -0.39 is 6.04 Å². The third kappa shape index (κ3) is 4.28. The van der Waals surface area contributed by atoms with Crippen LogP contribution in [0, 0.1) is 0 Å². The van der Waals surface area contributed by atoms with Gasteiger partial charge in [0.25, 0.3) is 5.91 Å². The Morgan fingerprint density at radius 1 is 1.41 bits per heavy atom. The van der Waals surface area contributed by atoms with Crippen molar-refractivity contribution in [2.24, 2.45) is 0 Å². The lowest BCUT2D eigenvalue weighted by Crippen LogP contribution is -2.46. The van der Waals surface area contributed by atoms with E-state index in [1.165, 1.54) is 12.5 Å². The smallest absolute Gasteiger partial charge is 0.255 e. The van der Waals surface area contributed by atoms with Gasteiger partial charge in [-0.1, -0.05) is 0 Å². The second-order valence-electron chi connectivity index (χ2n) is 3.60. The summed E-state index contributed by atoms with van der Waals surface area (Å²) < 4.78 is 4.79. The summed E-state index contributed by atoms with van der Waals surface area (Å²) >= 11 is 0. The number of hydrogen-bond donors (Lipinski definition) is 3. The van der Waals surface area contributed by atoms with Crippen LogP contribution in [0.5, 0.6) is 0 Å². The highest BCUT2D eigenvalue weighted by Gasteiger charge is 2.16. The van der Waals surface area contributed by atoms with Crippen molar-refractivity contribution in [3.8, 4) is 0 Å². The molecule has 6 heteroatoms. The molecule has 0 radical (unpaired) electrons. The third-order valence-corrected chi connectivity index (χ3v) is 2.20. The minimum Gasteiger partial charge on any atom is -0.472 e. The predicted molar refractivity (Wildman–Crippen MR) is 62.6 cm³/mol.